The van der Waals surface area contributed by atoms with Gasteiger partial charge in [0.15, 0.2) is 0 Å². The van der Waals surface area contributed by atoms with Crippen LogP contribution in [0.5, 0.6) is 0 Å². The van der Waals surface area contributed by atoms with Crippen LogP contribution in [-0.2, 0) is 37.1 Å². The van der Waals surface area contributed by atoms with Crippen molar-refractivity contribution < 1.29 is 18.7 Å². The van der Waals surface area contributed by atoms with Crippen molar-refractivity contribution in [2.24, 2.45) is 5.73 Å². The molecule has 2 atom stereocenters. The molecular formula is C30H34F2N4O2. The molecule has 1 aromatic heterocycles. The van der Waals surface area contributed by atoms with Crippen LogP contribution >= 0.6 is 0 Å². The molecule has 8 heteroatoms. The van der Waals surface area contributed by atoms with Crippen molar-refractivity contribution in [3.63, 3.8) is 0 Å². The monoisotopic (exact) mass is 520 g/mol. The molecular weight excluding hydrogens is 486 g/mol. The molecule has 0 aliphatic rings. The maximum absolute atomic E-state index is 13.7. The van der Waals surface area contributed by atoms with Crippen LogP contribution in [0.15, 0.2) is 66.7 Å². The molecule has 1 heterocycles. The molecule has 1 amide bonds. The van der Waals surface area contributed by atoms with Gasteiger partial charge in [-0.25, -0.2) is 13.8 Å². The lowest BCUT2D eigenvalue weighted by Crippen LogP contribution is -2.47. The van der Waals surface area contributed by atoms with E-state index in [4.69, 9.17) is 5.73 Å². The van der Waals surface area contributed by atoms with E-state index in [-0.39, 0.29) is 25.4 Å². The van der Waals surface area contributed by atoms with Crippen LogP contribution in [0.25, 0.3) is 11.0 Å². The fourth-order valence-corrected chi connectivity index (χ4v) is 4.73. The highest BCUT2D eigenvalue weighted by atomic mass is 19.1. The number of amides is 1. The number of hydrogen-bond donors (Lipinski definition) is 2. The Kier molecular flexibility index (Phi) is 8.86. The lowest BCUT2D eigenvalue weighted by Gasteiger charge is -2.29. The van der Waals surface area contributed by atoms with Crippen LogP contribution < -0.4 is 5.73 Å². The molecule has 0 aliphatic carbocycles. The van der Waals surface area contributed by atoms with Gasteiger partial charge >= 0.3 is 0 Å². The standard InChI is InChI=1S/C30H34F2N4O2/c1-3-20-8-7-9-21(12-20)17-35(18-28(37)25(33)15-22-13-23(31)16-24(32)14-22)30(38)19-36-27-11-6-5-10-26(27)34-29(36)4-2/h5-14,16,25,28,37H,3-4,15,17-19,33H2,1-2H3. The van der Waals surface area contributed by atoms with Crippen LogP contribution in [0.3, 0.4) is 0 Å². The van der Waals surface area contributed by atoms with Gasteiger partial charge in [-0.1, -0.05) is 50.2 Å². The molecule has 0 aliphatic heterocycles. The fraction of sp³-hybridized carbons (Fsp3) is 0.333. The summed E-state index contributed by atoms with van der Waals surface area (Å²) in [6.07, 6.45) is 0.485. The number of aromatic nitrogens is 2. The minimum Gasteiger partial charge on any atom is -0.390 e. The van der Waals surface area contributed by atoms with Gasteiger partial charge in [-0.05, 0) is 53.8 Å². The number of aliphatic hydroxyl groups excluding tert-OH is 1. The molecule has 0 spiro atoms. The summed E-state index contributed by atoms with van der Waals surface area (Å²) in [5.74, 6) is -0.784. The first kappa shape index (κ1) is 27.4. The first-order chi connectivity index (χ1) is 18.3. The average Bonchev–Trinajstić information content (AvgIpc) is 3.25. The molecule has 4 aromatic rings. The SMILES string of the molecule is CCc1cccc(CN(CC(O)C(N)Cc2cc(F)cc(F)c2)C(=O)Cn2c(CC)nc3ccccc32)c1. The van der Waals surface area contributed by atoms with Gasteiger partial charge in [-0.2, -0.15) is 0 Å². The van der Waals surface area contributed by atoms with Crippen LogP contribution in [-0.4, -0.2) is 44.2 Å². The van der Waals surface area contributed by atoms with Gasteiger partial charge < -0.3 is 20.3 Å². The fourth-order valence-electron chi connectivity index (χ4n) is 4.73. The molecule has 0 bridgehead atoms. The van der Waals surface area contributed by atoms with Crippen molar-refractivity contribution in [2.75, 3.05) is 6.54 Å². The minimum atomic E-state index is -1.11. The van der Waals surface area contributed by atoms with Crippen molar-refractivity contribution in [1.82, 2.24) is 14.5 Å². The van der Waals surface area contributed by atoms with Gasteiger partial charge in [0.1, 0.15) is 24.0 Å². The molecule has 4 rings (SSSR count). The Bertz CT molecular complexity index is 1380. The molecule has 0 radical (unpaired) electrons. The Balaban J connectivity index is 1.57. The normalized spacial score (nSPS) is 13.0. The third kappa shape index (κ3) is 6.62. The van der Waals surface area contributed by atoms with E-state index < -0.39 is 23.8 Å². The van der Waals surface area contributed by atoms with Gasteiger partial charge in [0, 0.05) is 31.6 Å². The van der Waals surface area contributed by atoms with E-state index >= 15 is 0 Å². The Hall–Kier alpha value is -3.62. The summed E-state index contributed by atoms with van der Waals surface area (Å²) in [7, 11) is 0. The molecule has 3 aromatic carbocycles. The van der Waals surface area contributed by atoms with Gasteiger partial charge in [-0.3, -0.25) is 4.79 Å². The number of para-hydroxylation sites is 2. The summed E-state index contributed by atoms with van der Waals surface area (Å²) in [5.41, 5.74) is 10.4. The number of fused-ring (bicyclic) bond motifs is 1. The number of carbonyl (C=O) groups excluding carboxylic acids is 1. The zero-order valence-electron chi connectivity index (χ0n) is 21.8. The number of aryl methyl sites for hydroxylation is 2. The van der Waals surface area contributed by atoms with Crippen LogP contribution in [0.2, 0.25) is 0 Å². The van der Waals surface area contributed by atoms with Crippen molar-refractivity contribution in [3.05, 3.63) is 101 Å². The molecule has 2 unspecified atom stereocenters. The van der Waals surface area contributed by atoms with E-state index in [1.165, 1.54) is 12.1 Å². The number of nitrogens with zero attached hydrogens (tertiary/aromatic N) is 3. The number of benzene rings is 3. The van der Waals surface area contributed by atoms with Gasteiger partial charge in [0.2, 0.25) is 5.91 Å². The van der Waals surface area contributed by atoms with Crippen LogP contribution in [0, 0.1) is 11.6 Å². The predicted molar refractivity (Wildman–Crippen MR) is 144 cm³/mol. The van der Waals surface area contributed by atoms with Gasteiger partial charge in [0.05, 0.1) is 17.1 Å². The van der Waals surface area contributed by atoms with Crippen LogP contribution in [0.4, 0.5) is 8.78 Å². The lowest BCUT2D eigenvalue weighted by molar-refractivity contribution is -0.134. The maximum atomic E-state index is 13.7. The Morgan fingerprint density at radius 2 is 1.68 bits per heavy atom. The first-order valence-electron chi connectivity index (χ1n) is 13.0. The van der Waals surface area contributed by atoms with E-state index in [1.54, 1.807) is 4.90 Å². The molecule has 3 N–H and O–H groups in total. The summed E-state index contributed by atoms with van der Waals surface area (Å²) in [5, 5.41) is 11.0. The molecule has 200 valence electrons. The second-order valence-electron chi connectivity index (χ2n) is 9.62. The Labute approximate surface area is 221 Å². The lowest BCUT2D eigenvalue weighted by atomic mass is 10.0. The van der Waals surface area contributed by atoms with Crippen LogP contribution in [0.1, 0.15) is 36.4 Å². The summed E-state index contributed by atoms with van der Waals surface area (Å²) in [6, 6.07) is 18.0. The largest absolute Gasteiger partial charge is 0.390 e. The van der Waals surface area contributed by atoms with Crippen molar-refractivity contribution >= 4 is 16.9 Å². The zero-order valence-corrected chi connectivity index (χ0v) is 21.8. The zero-order chi connectivity index (χ0) is 27.2. The molecule has 0 saturated carbocycles. The number of hydrogen-bond acceptors (Lipinski definition) is 4. The molecule has 0 fully saturated rings. The number of imidazole rings is 1. The number of rotatable bonds is 11. The number of nitrogens with two attached hydrogens (primary N) is 1. The maximum Gasteiger partial charge on any atom is 0.242 e. The number of halogens is 2. The Morgan fingerprint density at radius 1 is 0.974 bits per heavy atom. The summed E-state index contributed by atoms with van der Waals surface area (Å²) in [4.78, 5) is 20.0. The van der Waals surface area contributed by atoms with E-state index in [0.717, 1.165) is 40.5 Å². The highest BCUT2D eigenvalue weighted by molar-refractivity contribution is 5.81. The third-order valence-corrected chi connectivity index (χ3v) is 6.76. The van der Waals surface area contributed by atoms with E-state index in [2.05, 4.69) is 11.9 Å². The summed E-state index contributed by atoms with van der Waals surface area (Å²) < 4.78 is 29.2. The second kappa shape index (κ2) is 12.3. The first-order valence-corrected chi connectivity index (χ1v) is 13.0. The second-order valence-corrected chi connectivity index (χ2v) is 9.62. The molecule has 0 saturated heterocycles. The summed E-state index contributed by atoms with van der Waals surface area (Å²) >= 11 is 0. The molecule has 38 heavy (non-hydrogen) atoms. The average molecular weight is 521 g/mol. The van der Waals surface area contributed by atoms with Crippen molar-refractivity contribution in [2.45, 2.75) is 58.3 Å². The van der Waals surface area contributed by atoms with Gasteiger partial charge in [0.25, 0.3) is 0 Å². The predicted octanol–water partition coefficient (Wildman–Crippen LogP) is 4.40. The van der Waals surface area contributed by atoms with Crippen molar-refractivity contribution in [1.29, 1.82) is 0 Å². The highest BCUT2D eigenvalue weighted by Crippen LogP contribution is 2.19. The smallest absolute Gasteiger partial charge is 0.242 e. The van der Waals surface area contributed by atoms with Gasteiger partial charge in [-0.15, -0.1) is 0 Å². The van der Waals surface area contributed by atoms with E-state index in [9.17, 15) is 18.7 Å². The quantitative estimate of drug-likeness (QED) is 0.307. The third-order valence-electron chi connectivity index (χ3n) is 6.76. The molecule has 6 nitrogen and oxygen atoms in total. The highest BCUT2D eigenvalue weighted by Gasteiger charge is 2.24. The number of carbonyl (C=O) groups is 1. The van der Waals surface area contributed by atoms with E-state index in [0.29, 0.717) is 18.5 Å². The number of aliphatic hydroxyl groups is 1. The topological polar surface area (TPSA) is 84.4 Å². The Morgan fingerprint density at radius 3 is 2.39 bits per heavy atom. The van der Waals surface area contributed by atoms with E-state index in [1.807, 2.05) is 60.0 Å². The minimum absolute atomic E-state index is 0.0256. The van der Waals surface area contributed by atoms with Crippen molar-refractivity contribution in [3.8, 4) is 0 Å². The summed E-state index contributed by atoms with van der Waals surface area (Å²) in [6.45, 7) is 4.39.